The second-order valence-electron chi connectivity index (χ2n) is 13.1. The molecule has 0 radical (unpaired) electrons. The van der Waals surface area contributed by atoms with E-state index in [4.69, 9.17) is 8.83 Å². The van der Waals surface area contributed by atoms with Crippen molar-refractivity contribution in [2.24, 2.45) is 0 Å². The summed E-state index contributed by atoms with van der Waals surface area (Å²) in [4.78, 5) is 0. The van der Waals surface area contributed by atoms with E-state index in [1.54, 1.807) is 12.5 Å². The van der Waals surface area contributed by atoms with Crippen LogP contribution < -0.4 is 0 Å². The van der Waals surface area contributed by atoms with E-state index in [2.05, 4.69) is 141 Å². The minimum absolute atomic E-state index is 0.850. The van der Waals surface area contributed by atoms with E-state index >= 15 is 0 Å². The Balaban J connectivity index is 1.25. The number of thiophene rings is 1. The van der Waals surface area contributed by atoms with E-state index in [-0.39, 0.29) is 0 Å². The average Bonchev–Trinajstić information content (AvgIpc) is 3.99. The van der Waals surface area contributed by atoms with Crippen molar-refractivity contribution in [2.75, 3.05) is 0 Å². The van der Waals surface area contributed by atoms with E-state index in [1.807, 2.05) is 35.6 Å². The molecule has 0 amide bonds. The third-order valence-electron chi connectivity index (χ3n) is 10.4. The number of allylic oxidation sites excluding steroid dienone is 1. The van der Waals surface area contributed by atoms with E-state index in [0.29, 0.717) is 0 Å². The summed E-state index contributed by atoms with van der Waals surface area (Å²) in [5, 5.41) is 9.64. The van der Waals surface area contributed by atoms with Gasteiger partial charge >= 0.3 is 0 Å². The predicted octanol–water partition coefficient (Wildman–Crippen LogP) is 15.0. The monoisotopic (exact) mass is 684 g/mol. The molecule has 0 fully saturated rings. The fraction of sp³-hybridized carbons (Fsp3) is 0.0204. The number of fused-ring (bicyclic) bond motifs is 6. The molecule has 246 valence electrons. The Labute approximate surface area is 305 Å². The van der Waals surface area contributed by atoms with Crippen LogP contribution in [0, 0.1) is 0 Å². The minimum atomic E-state index is 0.850. The lowest BCUT2D eigenvalue weighted by Gasteiger charge is -2.19. The first-order chi connectivity index (χ1) is 25.7. The maximum atomic E-state index is 6.03. The van der Waals surface area contributed by atoms with Crippen LogP contribution in [0.4, 0.5) is 0 Å². The fourth-order valence-electron chi connectivity index (χ4n) is 8.32. The van der Waals surface area contributed by atoms with Crippen LogP contribution in [0.2, 0.25) is 0 Å². The molecule has 3 heteroatoms. The van der Waals surface area contributed by atoms with Crippen molar-refractivity contribution in [3.05, 3.63) is 170 Å². The van der Waals surface area contributed by atoms with Crippen molar-refractivity contribution in [2.45, 2.75) is 6.92 Å². The molecule has 0 spiro atoms. The predicted molar refractivity (Wildman–Crippen MR) is 223 cm³/mol. The largest absolute Gasteiger partial charge is 0.464 e. The third kappa shape index (κ3) is 4.50. The molecule has 0 atom stereocenters. The highest BCUT2D eigenvalue weighted by atomic mass is 32.1. The molecule has 0 aliphatic carbocycles. The Bertz CT molecular complexity index is 2970. The number of hydrogen-bond donors (Lipinski definition) is 0. The quantitative estimate of drug-likeness (QED) is 0.163. The van der Waals surface area contributed by atoms with Gasteiger partial charge in [0.1, 0.15) is 11.5 Å². The number of rotatable bonds is 6. The maximum absolute atomic E-state index is 6.03. The van der Waals surface area contributed by atoms with Gasteiger partial charge in [-0.2, -0.15) is 0 Å². The molecule has 0 aliphatic rings. The van der Waals surface area contributed by atoms with Gasteiger partial charge < -0.3 is 8.83 Å². The first-order valence-corrected chi connectivity index (χ1v) is 18.4. The summed E-state index contributed by atoms with van der Waals surface area (Å²) in [5.41, 5.74) is 9.26. The fourth-order valence-corrected chi connectivity index (χ4v) is 9.49. The van der Waals surface area contributed by atoms with Crippen molar-refractivity contribution in [1.82, 2.24) is 0 Å². The first-order valence-electron chi connectivity index (χ1n) is 17.6. The summed E-state index contributed by atoms with van der Waals surface area (Å²) in [7, 11) is 0. The maximum Gasteiger partial charge on any atom is 0.135 e. The summed E-state index contributed by atoms with van der Waals surface area (Å²) in [6, 6.07) is 47.9. The standard InChI is InChI=1S/C49H32O2S/c1-3-14-32-31(4-2)46(35-17-7-10-20-38(35)47(32)41-22-12-27-50-41)40-21-11-24-43-49(40)39-26-25-30(29-44(39)52-43)45-33-15-5-8-18-36(33)48(42-23-13-28-51-42)37-19-9-6-16-34(37)45/h3-29H,2H2,1H3/b14-3-. The van der Waals surface area contributed by atoms with Crippen LogP contribution in [-0.4, -0.2) is 0 Å². The van der Waals surface area contributed by atoms with Crippen molar-refractivity contribution >= 4 is 76.0 Å². The highest BCUT2D eigenvalue weighted by Gasteiger charge is 2.23. The molecule has 0 unspecified atom stereocenters. The number of hydrogen-bond acceptors (Lipinski definition) is 3. The lowest BCUT2D eigenvalue weighted by molar-refractivity contribution is 0.583. The van der Waals surface area contributed by atoms with E-state index in [1.165, 1.54) is 69.4 Å². The van der Waals surface area contributed by atoms with Gasteiger partial charge in [0.2, 0.25) is 0 Å². The van der Waals surface area contributed by atoms with Crippen molar-refractivity contribution < 1.29 is 8.83 Å². The zero-order chi connectivity index (χ0) is 34.8. The molecule has 10 rings (SSSR count). The van der Waals surface area contributed by atoms with Gasteiger partial charge in [0, 0.05) is 31.3 Å². The van der Waals surface area contributed by atoms with E-state index < -0.39 is 0 Å². The molecular formula is C49H32O2S. The molecule has 2 nitrogen and oxygen atoms in total. The number of furan rings is 2. The zero-order valence-electron chi connectivity index (χ0n) is 28.5. The normalized spacial score (nSPS) is 11.9. The van der Waals surface area contributed by atoms with Crippen LogP contribution in [0.1, 0.15) is 18.1 Å². The van der Waals surface area contributed by atoms with Gasteiger partial charge in [0.25, 0.3) is 0 Å². The molecule has 0 N–H and O–H groups in total. The Morgan fingerprint density at radius 3 is 1.65 bits per heavy atom. The van der Waals surface area contributed by atoms with Crippen molar-refractivity contribution in [3.63, 3.8) is 0 Å². The van der Waals surface area contributed by atoms with Gasteiger partial charge in [-0.05, 0) is 109 Å². The van der Waals surface area contributed by atoms with Gasteiger partial charge in [0.05, 0.1) is 12.5 Å². The molecule has 52 heavy (non-hydrogen) atoms. The highest BCUT2D eigenvalue weighted by molar-refractivity contribution is 7.26. The van der Waals surface area contributed by atoms with Crippen molar-refractivity contribution in [3.8, 4) is 44.9 Å². The lowest BCUT2D eigenvalue weighted by atomic mass is 9.83. The molecule has 0 bridgehead atoms. The zero-order valence-corrected chi connectivity index (χ0v) is 29.3. The Morgan fingerprint density at radius 2 is 1.08 bits per heavy atom. The van der Waals surface area contributed by atoms with E-state index in [9.17, 15) is 0 Å². The van der Waals surface area contributed by atoms with Crippen LogP contribution in [0.3, 0.4) is 0 Å². The summed E-state index contributed by atoms with van der Waals surface area (Å²) in [6.07, 6.45) is 9.80. The van der Waals surface area contributed by atoms with Gasteiger partial charge in [0.15, 0.2) is 0 Å². The van der Waals surface area contributed by atoms with Gasteiger partial charge in [-0.15, -0.1) is 11.3 Å². The molecular weight excluding hydrogens is 653 g/mol. The van der Waals surface area contributed by atoms with Gasteiger partial charge in [-0.25, -0.2) is 0 Å². The lowest BCUT2D eigenvalue weighted by Crippen LogP contribution is -1.96. The van der Waals surface area contributed by atoms with Crippen LogP contribution in [0.5, 0.6) is 0 Å². The molecule has 7 aromatic carbocycles. The Morgan fingerprint density at radius 1 is 0.500 bits per heavy atom. The second kappa shape index (κ2) is 12.1. The molecule has 3 heterocycles. The Kier molecular flexibility index (Phi) is 7.09. The molecule has 0 aliphatic heterocycles. The van der Waals surface area contributed by atoms with Gasteiger partial charge in [-0.1, -0.05) is 122 Å². The van der Waals surface area contributed by atoms with E-state index in [0.717, 1.165) is 39.2 Å². The SMILES string of the molecule is C=Cc1c(/C=C\C)c(-c2ccco2)c2ccccc2c1-c1cccc2sc3cc(-c4c5ccccc5c(-c5ccco5)c5ccccc45)ccc3c12. The summed E-state index contributed by atoms with van der Waals surface area (Å²) < 4.78 is 14.5. The topological polar surface area (TPSA) is 26.3 Å². The van der Waals surface area contributed by atoms with Crippen LogP contribution >= 0.6 is 11.3 Å². The Hall–Kier alpha value is -6.42. The van der Waals surface area contributed by atoms with Gasteiger partial charge in [-0.3, -0.25) is 0 Å². The second-order valence-corrected chi connectivity index (χ2v) is 14.2. The molecule has 3 aromatic heterocycles. The number of benzene rings is 7. The van der Waals surface area contributed by atoms with Crippen LogP contribution in [0.15, 0.2) is 167 Å². The minimum Gasteiger partial charge on any atom is -0.464 e. The summed E-state index contributed by atoms with van der Waals surface area (Å²) in [5.74, 6) is 1.73. The summed E-state index contributed by atoms with van der Waals surface area (Å²) >= 11 is 1.86. The van der Waals surface area contributed by atoms with Crippen LogP contribution in [0.25, 0.3) is 110 Å². The van der Waals surface area contributed by atoms with Crippen molar-refractivity contribution in [1.29, 1.82) is 0 Å². The third-order valence-corrected chi connectivity index (χ3v) is 11.5. The molecule has 0 saturated heterocycles. The smallest absolute Gasteiger partial charge is 0.135 e. The molecule has 10 aromatic rings. The first kappa shape index (κ1) is 30.4. The summed E-state index contributed by atoms with van der Waals surface area (Å²) in [6.45, 7) is 6.43. The molecule has 0 saturated carbocycles. The van der Waals surface area contributed by atoms with Crippen LogP contribution in [-0.2, 0) is 0 Å². The average molecular weight is 685 g/mol. The highest BCUT2D eigenvalue weighted by Crippen LogP contribution is 2.49.